The first-order chi connectivity index (χ1) is 6.20. The Hall–Kier alpha value is -0.960. The third kappa shape index (κ3) is 2.04. The summed E-state index contributed by atoms with van der Waals surface area (Å²) in [6.07, 6.45) is 0. The number of benzene rings is 1. The van der Waals surface area contributed by atoms with Gasteiger partial charge in [0.15, 0.2) is 0 Å². The summed E-state index contributed by atoms with van der Waals surface area (Å²) in [6.45, 7) is 3.77. The summed E-state index contributed by atoms with van der Waals surface area (Å²) in [4.78, 5) is 0. The Morgan fingerprint density at radius 3 is 2.62 bits per heavy atom. The van der Waals surface area contributed by atoms with Gasteiger partial charge < -0.3 is 9.47 Å². The molecule has 0 aromatic heterocycles. The van der Waals surface area contributed by atoms with Crippen LogP contribution in [0.15, 0.2) is 29.3 Å². The van der Waals surface area contributed by atoms with E-state index in [1.807, 2.05) is 18.2 Å². The van der Waals surface area contributed by atoms with Crippen molar-refractivity contribution in [2.24, 2.45) is 0 Å². The normalized spacial score (nSPS) is 9.46. The number of hydrogen-bond acceptors (Lipinski definition) is 2. The van der Waals surface area contributed by atoms with Crippen LogP contribution in [0, 0.1) is 0 Å². The summed E-state index contributed by atoms with van der Waals surface area (Å²) in [5.74, 6) is 1.34. The SMILES string of the molecule is C=C(OC)c1cccc(Br)c1OC. The smallest absolute Gasteiger partial charge is 0.143 e. The maximum absolute atomic E-state index is 5.21. The fraction of sp³-hybridized carbons (Fsp3) is 0.200. The van der Waals surface area contributed by atoms with Crippen LogP contribution in [0.3, 0.4) is 0 Å². The zero-order valence-corrected chi connectivity index (χ0v) is 9.22. The molecular formula is C10H11BrO2. The number of methoxy groups -OCH3 is 2. The van der Waals surface area contributed by atoms with E-state index < -0.39 is 0 Å². The molecule has 0 spiro atoms. The van der Waals surface area contributed by atoms with Gasteiger partial charge in [-0.2, -0.15) is 0 Å². The van der Waals surface area contributed by atoms with Gasteiger partial charge in [0.1, 0.15) is 11.5 Å². The van der Waals surface area contributed by atoms with Gasteiger partial charge in [0.25, 0.3) is 0 Å². The van der Waals surface area contributed by atoms with E-state index in [9.17, 15) is 0 Å². The fourth-order valence-corrected chi connectivity index (χ4v) is 1.57. The molecule has 13 heavy (non-hydrogen) atoms. The lowest BCUT2D eigenvalue weighted by atomic mass is 10.2. The monoisotopic (exact) mass is 242 g/mol. The summed E-state index contributed by atoms with van der Waals surface area (Å²) < 4.78 is 11.1. The molecule has 0 amide bonds. The summed E-state index contributed by atoms with van der Waals surface area (Å²) in [5.41, 5.74) is 0.861. The quantitative estimate of drug-likeness (QED) is 0.759. The third-order valence-corrected chi connectivity index (χ3v) is 2.34. The summed E-state index contributed by atoms with van der Waals surface area (Å²) >= 11 is 3.38. The van der Waals surface area contributed by atoms with Crippen LogP contribution in [-0.4, -0.2) is 14.2 Å². The van der Waals surface area contributed by atoms with E-state index in [2.05, 4.69) is 22.5 Å². The van der Waals surface area contributed by atoms with Crippen LogP contribution < -0.4 is 4.74 Å². The topological polar surface area (TPSA) is 18.5 Å². The van der Waals surface area contributed by atoms with Crippen molar-refractivity contribution in [2.45, 2.75) is 0 Å². The van der Waals surface area contributed by atoms with E-state index >= 15 is 0 Å². The highest BCUT2D eigenvalue weighted by molar-refractivity contribution is 9.10. The summed E-state index contributed by atoms with van der Waals surface area (Å²) in [5, 5.41) is 0. The minimum Gasteiger partial charge on any atom is -0.497 e. The molecule has 0 bridgehead atoms. The molecule has 2 nitrogen and oxygen atoms in total. The van der Waals surface area contributed by atoms with Gasteiger partial charge in [-0.25, -0.2) is 0 Å². The van der Waals surface area contributed by atoms with Gasteiger partial charge in [-0.05, 0) is 28.1 Å². The van der Waals surface area contributed by atoms with Gasteiger partial charge in [0.05, 0.1) is 24.3 Å². The molecule has 1 aromatic carbocycles. The zero-order valence-electron chi connectivity index (χ0n) is 7.63. The Morgan fingerprint density at radius 2 is 2.08 bits per heavy atom. The van der Waals surface area contributed by atoms with Gasteiger partial charge in [-0.1, -0.05) is 12.6 Å². The van der Waals surface area contributed by atoms with E-state index in [1.165, 1.54) is 0 Å². The molecule has 0 saturated heterocycles. The van der Waals surface area contributed by atoms with E-state index in [1.54, 1.807) is 14.2 Å². The Kier molecular flexibility index (Phi) is 3.37. The number of para-hydroxylation sites is 1. The largest absolute Gasteiger partial charge is 0.497 e. The minimum absolute atomic E-state index is 0.596. The van der Waals surface area contributed by atoms with Crippen molar-refractivity contribution in [1.82, 2.24) is 0 Å². The predicted octanol–water partition coefficient (Wildman–Crippen LogP) is 3.07. The van der Waals surface area contributed by atoms with Crippen LogP contribution in [0.2, 0.25) is 0 Å². The molecule has 0 aliphatic heterocycles. The van der Waals surface area contributed by atoms with Crippen LogP contribution >= 0.6 is 15.9 Å². The van der Waals surface area contributed by atoms with Crippen molar-refractivity contribution < 1.29 is 9.47 Å². The molecule has 0 aliphatic carbocycles. The van der Waals surface area contributed by atoms with Crippen LogP contribution in [-0.2, 0) is 4.74 Å². The molecule has 1 aromatic rings. The van der Waals surface area contributed by atoms with Crippen molar-refractivity contribution in [3.8, 4) is 5.75 Å². The summed E-state index contributed by atoms with van der Waals surface area (Å²) in [6, 6.07) is 5.72. The van der Waals surface area contributed by atoms with Gasteiger partial charge in [-0.15, -0.1) is 0 Å². The van der Waals surface area contributed by atoms with Crippen LogP contribution in [0.25, 0.3) is 5.76 Å². The molecule has 0 atom stereocenters. The molecule has 70 valence electrons. The van der Waals surface area contributed by atoms with Gasteiger partial charge in [0.2, 0.25) is 0 Å². The molecule has 0 radical (unpaired) electrons. The first kappa shape index (κ1) is 10.1. The lowest BCUT2D eigenvalue weighted by molar-refractivity contribution is 0.362. The fourth-order valence-electron chi connectivity index (χ4n) is 1.05. The minimum atomic E-state index is 0.596. The highest BCUT2D eigenvalue weighted by Crippen LogP contribution is 2.32. The average Bonchev–Trinajstić information content (AvgIpc) is 2.16. The second-order valence-electron chi connectivity index (χ2n) is 2.45. The second kappa shape index (κ2) is 4.33. The van der Waals surface area contributed by atoms with E-state index in [0.717, 1.165) is 15.8 Å². The van der Waals surface area contributed by atoms with E-state index in [-0.39, 0.29) is 0 Å². The standard InChI is InChI=1S/C10H11BrO2/c1-7(12-2)8-5-4-6-9(11)10(8)13-3/h4-6H,1H2,2-3H3. The maximum Gasteiger partial charge on any atom is 0.143 e. The Balaban J connectivity index is 3.20. The van der Waals surface area contributed by atoms with E-state index in [4.69, 9.17) is 9.47 Å². The molecule has 0 heterocycles. The molecule has 0 unspecified atom stereocenters. The number of halogens is 1. The molecule has 0 aliphatic rings. The lowest BCUT2D eigenvalue weighted by Crippen LogP contribution is -1.93. The maximum atomic E-state index is 5.21. The van der Waals surface area contributed by atoms with Gasteiger partial charge in [-0.3, -0.25) is 0 Å². The first-order valence-corrected chi connectivity index (χ1v) is 4.55. The molecule has 0 fully saturated rings. The van der Waals surface area contributed by atoms with Crippen molar-refractivity contribution >= 4 is 21.7 Å². The van der Waals surface area contributed by atoms with Crippen molar-refractivity contribution in [3.63, 3.8) is 0 Å². The molecule has 0 N–H and O–H groups in total. The molecule has 0 saturated carbocycles. The number of rotatable bonds is 3. The Bertz CT molecular complexity index is 321. The molecule has 3 heteroatoms. The average molecular weight is 243 g/mol. The first-order valence-electron chi connectivity index (χ1n) is 3.76. The second-order valence-corrected chi connectivity index (χ2v) is 3.30. The molecule has 1 rings (SSSR count). The van der Waals surface area contributed by atoms with Crippen molar-refractivity contribution in [1.29, 1.82) is 0 Å². The zero-order chi connectivity index (χ0) is 9.84. The lowest BCUT2D eigenvalue weighted by Gasteiger charge is -2.10. The van der Waals surface area contributed by atoms with E-state index in [0.29, 0.717) is 5.76 Å². The highest BCUT2D eigenvalue weighted by atomic mass is 79.9. The Labute approximate surface area is 86.3 Å². The third-order valence-electron chi connectivity index (χ3n) is 1.72. The number of hydrogen-bond donors (Lipinski definition) is 0. The van der Waals surface area contributed by atoms with Crippen LogP contribution in [0.5, 0.6) is 5.75 Å². The summed E-state index contributed by atoms with van der Waals surface area (Å²) in [7, 11) is 3.20. The van der Waals surface area contributed by atoms with Gasteiger partial charge >= 0.3 is 0 Å². The van der Waals surface area contributed by atoms with Crippen molar-refractivity contribution in [2.75, 3.05) is 14.2 Å². The Morgan fingerprint density at radius 1 is 1.38 bits per heavy atom. The predicted molar refractivity (Wildman–Crippen MR) is 56.7 cm³/mol. The van der Waals surface area contributed by atoms with Crippen LogP contribution in [0.1, 0.15) is 5.56 Å². The van der Waals surface area contributed by atoms with Crippen LogP contribution in [0.4, 0.5) is 0 Å². The van der Waals surface area contributed by atoms with Crippen molar-refractivity contribution in [3.05, 3.63) is 34.8 Å². The highest BCUT2D eigenvalue weighted by Gasteiger charge is 2.09. The number of ether oxygens (including phenoxy) is 2. The van der Waals surface area contributed by atoms with Gasteiger partial charge in [0, 0.05) is 0 Å². The molecular weight excluding hydrogens is 232 g/mol.